The summed E-state index contributed by atoms with van der Waals surface area (Å²) >= 11 is 2.98. The molecule has 0 unspecified atom stereocenters. The Morgan fingerprint density at radius 3 is 2.66 bits per heavy atom. The molecule has 0 bridgehead atoms. The summed E-state index contributed by atoms with van der Waals surface area (Å²) in [5, 5.41) is 7.50. The van der Waals surface area contributed by atoms with Crippen molar-refractivity contribution >= 4 is 41.0 Å². The minimum absolute atomic E-state index is 0.0317. The van der Waals surface area contributed by atoms with Crippen molar-refractivity contribution in [3.05, 3.63) is 68.1 Å². The zero-order valence-electron chi connectivity index (χ0n) is 20.1. The lowest BCUT2D eigenvalue weighted by Crippen LogP contribution is -2.50. The Kier molecular flexibility index (Phi) is 9.92. The van der Waals surface area contributed by atoms with Crippen LogP contribution in [0.3, 0.4) is 0 Å². The number of aldehydes is 1. The van der Waals surface area contributed by atoms with Crippen molar-refractivity contribution in [1.29, 1.82) is 0 Å². The number of rotatable bonds is 12. The Balaban J connectivity index is 1.71. The van der Waals surface area contributed by atoms with Gasteiger partial charge in [-0.1, -0.05) is 38.1 Å². The summed E-state index contributed by atoms with van der Waals surface area (Å²) in [6.07, 6.45) is 0.705. The second-order valence-corrected chi connectivity index (χ2v) is 10.4. The standard InChI is InChI=1S/C25H30N4O4S2/c1-17(2)11-29(12-22-15-35-18(3)27-22)24(31)23(10-21-14-34-16-26-21)28-25(32)33-13-20-6-4-5-19(9-20)7-8-30/h4-6,8-9,14-17,23H,7,10-13H2,1-3H3,(H,28,32)/t23-/m0/s1. The average molecular weight is 515 g/mol. The van der Waals surface area contributed by atoms with Crippen molar-refractivity contribution < 1.29 is 19.1 Å². The second-order valence-electron chi connectivity index (χ2n) is 8.62. The van der Waals surface area contributed by atoms with E-state index in [1.54, 1.807) is 21.7 Å². The summed E-state index contributed by atoms with van der Waals surface area (Å²) < 4.78 is 5.41. The summed E-state index contributed by atoms with van der Waals surface area (Å²) in [6.45, 7) is 6.95. The Labute approximate surface area is 213 Å². The molecule has 0 fully saturated rings. The maximum Gasteiger partial charge on any atom is 0.408 e. The summed E-state index contributed by atoms with van der Waals surface area (Å²) in [4.78, 5) is 47.6. The van der Waals surface area contributed by atoms with Crippen LogP contribution < -0.4 is 5.32 Å². The van der Waals surface area contributed by atoms with Gasteiger partial charge in [0.05, 0.1) is 28.5 Å². The van der Waals surface area contributed by atoms with Crippen LogP contribution in [0.25, 0.3) is 0 Å². The van der Waals surface area contributed by atoms with Crippen molar-refractivity contribution in [3.63, 3.8) is 0 Å². The topological polar surface area (TPSA) is 101 Å². The molecule has 1 aromatic carbocycles. The summed E-state index contributed by atoms with van der Waals surface area (Å²) in [5.74, 6) is 0.0338. The summed E-state index contributed by atoms with van der Waals surface area (Å²) in [7, 11) is 0. The molecule has 0 aliphatic rings. The third-order valence-electron chi connectivity index (χ3n) is 5.08. The fraction of sp³-hybridized carbons (Fsp3) is 0.400. The van der Waals surface area contributed by atoms with Crippen LogP contribution in [0.5, 0.6) is 0 Å². The van der Waals surface area contributed by atoms with Crippen molar-refractivity contribution in [1.82, 2.24) is 20.2 Å². The first kappa shape index (κ1) is 26.5. The van der Waals surface area contributed by atoms with E-state index in [9.17, 15) is 14.4 Å². The molecule has 0 saturated carbocycles. The number of alkyl carbamates (subject to hydrolysis) is 1. The fourth-order valence-electron chi connectivity index (χ4n) is 3.59. The van der Waals surface area contributed by atoms with Crippen LogP contribution >= 0.6 is 22.7 Å². The van der Waals surface area contributed by atoms with E-state index < -0.39 is 12.1 Å². The smallest absolute Gasteiger partial charge is 0.408 e. The number of hydrogen-bond donors (Lipinski definition) is 1. The van der Waals surface area contributed by atoms with Crippen molar-refractivity contribution in [2.24, 2.45) is 5.92 Å². The van der Waals surface area contributed by atoms with E-state index in [0.717, 1.165) is 33.8 Å². The molecule has 3 aromatic rings. The number of carbonyl (C=O) groups excluding carboxylic acids is 3. The molecular formula is C25H30N4O4S2. The molecule has 2 heterocycles. The number of carbonyl (C=O) groups is 3. The van der Waals surface area contributed by atoms with Gasteiger partial charge in [-0.2, -0.15) is 0 Å². The maximum atomic E-state index is 13.6. The highest BCUT2D eigenvalue weighted by Gasteiger charge is 2.28. The molecule has 35 heavy (non-hydrogen) atoms. The van der Waals surface area contributed by atoms with Crippen LogP contribution in [0.15, 0.2) is 40.5 Å². The molecule has 1 atom stereocenters. The third-order valence-corrected chi connectivity index (χ3v) is 6.54. The maximum absolute atomic E-state index is 13.6. The lowest BCUT2D eigenvalue weighted by molar-refractivity contribution is -0.134. The van der Waals surface area contributed by atoms with Gasteiger partial charge in [0.2, 0.25) is 5.91 Å². The molecule has 1 N–H and O–H groups in total. The number of aromatic nitrogens is 2. The predicted molar refractivity (Wildman–Crippen MR) is 136 cm³/mol. The molecule has 0 spiro atoms. The Morgan fingerprint density at radius 2 is 2.00 bits per heavy atom. The molecule has 0 aliphatic carbocycles. The van der Waals surface area contributed by atoms with Crippen LogP contribution in [0, 0.1) is 12.8 Å². The highest BCUT2D eigenvalue weighted by Crippen LogP contribution is 2.15. The zero-order chi connectivity index (χ0) is 25.2. The first-order valence-electron chi connectivity index (χ1n) is 11.4. The molecule has 0 saturated heterocycles. The van der Waals surface area contributed by atoms with Crippen molar-refractivity contribution in [3.8, 4) is 0 Å². The number of aryl methyl sites for hydroxylation is 1. The van der Waals surface area contributed by atoms with E-state index in [0.29, 0.717) is 19.5 Å². The van der Waals surface area contributed by atoms with Gasteiger partial charge in [-0.25, -0.2) is 14.8 Å². The van der Waals surface area contributed by atoms with Gasteiger partial charge in [-0.3, -0.25) is 4.79 Å². The van der Waals surface area contributed by atoms with Crippen LogP contribution in [0.1, 0.15) is 41.4 Å². The van der Waals surface area contributed by atoms with Gasteiger partial charge >= 0.3 is 6.09 Å². The first-order valence-corrected chi connectivity index (χ1v) is 13.2. The predicted octanol–water partition coefficient (Wildman–Crippen LogP) is 4.17. The number of amides is 2. The number of thiazole rings is 2. The zero-order valence-corrected chi connectivity index (χ0v) is 21.7. The number of ether oxygens (including phenoxy) is 1. The van der Waals surface area contributed by atoms with Crippen LogP contribution in [-0.2, 0) is 40.3 Å². The number of hydrogen-bond acceptors (Lipinski definition) is 8. The number of nitrogens with one attached hydrogen (secondary N) is 1. The minimum Gasteiger partial charge on any atom is -0.445 e. The lowest BCUT2D eigenvalue weighted by Gasteiger charge is -2.28. The molecule has 0 aliphatic heterocycles. The first-order chi connectivity index (χ1) is 16.8. The number of benzene rings is 1. The van der Waals surface area contributed by atoms with E-state index in [-0.39, 0.29) is 24.9 Å². The van der Waals surface area contributed by atoms with E-state index >= 15 is 0 Å². The minimum atomic E-state index is -0.829. The van der Waals surface area contributed by atoms with Crippen molar-refractivity contribution in [2.75, 3.05) is 6.54 Å². The summed E-state index contributed by atoms with van der Waals surface area (Å²) in [5.41, 5.74) is 4.86. The molecule has 2 aromatic heterocycles. The van der Waals surface area contributed by atoms with Gasteiger partial charge in [-0.15, -0.1) is 22.7 Å². The highest BCUT2D eigenvalue weighted by molar-refractivity contribution is 7.09. The SMILES string of the molecule is Cc1nc(CN(CC(C)C)C(=O)[C@H](Cc2cscn2)NC(=O)OCc2cccc(CC=O)c2)cs1. The molecule has 186 valence electrons. The Morgan fingerprint density at radius 1 is 1.20 bits per heavy atom. The average Bonchev–Trinajstić information content (AvgIpc) is 3.48. The monoisotopic (exact) mass is 514 g/mol. The Bertz CT molecular complexity index is 1110. The van der Waals surface area contributed by atoms with Crippen LogP contribution in [0.4, 0.5) is 4.79 Å². The van der Waals surface area contributed by atoms with Crippen LogP contribution in [-0.4, -0.2) is 45.7 Å². The molecule has 3 rings (SSSR count). The molecule has 0 radical (unpaired) electrons. The van der Waals surface area contributed by atoms with Gasteiger partial charge in [0.15, 0.2) is 0 Å². The van der Waals surface area contributed by atoms with E-state index in [1.807, 2.05) is 55.8 Å². The van der Waals surface area contributed by atoms with Crippen LogP contribution in [0.2, 0.25) is 0 Å². The van der Waals surface area contributed by atoms with Gasteiger partial charge in [-0.05, 0) is 24.0 Å². The largest absolute Gasteiger partial charge is 0.445 e. The Hall–Kier alpha value is -3.11. The normalized spacial score (nSPS) is 11.8. The van der Waals surface area contributed by atoms with E-state index in [1.165, 1.54) is 11.3 Å². The van der Waals surface area contributed by atoms with Gasteiger partial charge < -0.3 is 19.7 Å². The molecule has 2 amide bonds. The van der Waals surface area contributed by atoms with Gasteiger partial charge in [0.1, 0.15) is 18.9 Å². The second kappa shape index (κ2) is 13.1. The van der Waals surface area contributed by atoms with Gasteiger partial charge in [0, 0.05) is 30.1 Å². The quantitative estimate of drug-likeness (QED) is 0.364. The molecular weight excluding hydrogens is 484 g/mol. The summed E-state index contributed by atoms with van der Waals surface area (Å²) in [6, 6.07) is 6.46. The fourth-order valence-corrected chi connectivity index (χ4v) is 4.77. The third kappa shape index (κ3) is 8.56. The van der Waals surface area contributed by atoms with Gasteiger partial charge in [0.25, 0.3) is 0 Å². The molecule has 8 nitrogen and oxygen atoms in total. The van der Waals surface area contributed by atoms with E-state index in [2.05, 4.69) is 15.3 Å². The highest BCUT2D eigenvalue weighted by atomic mass is 32.1. The van der Waals surface area contributed by atoms with E-state index in [4.69, 9.17) is 4.74 Å². The number of nitrogens with zero attached hydrogens (tertiary/aromatic N) is 3. The van der Waals surface area contributed by atoms with Crippen molar-refractivity contribution in [2.45, 2.75) is 52.8 Å². The lowest BCUT2D eigenvalue weighted by atomic mass is 10.1. The molecule has 10 heteroatoms.